The fraction of sp³-hybridized carbons (Fsp3) is 0.273. The van der Waals surface area contributed by atoms with Gasteiger partial charge in [0.2, 0.25) is 0 Å². The third-order valence-corrected chi connectivity index (χ3v) is 5.81. The van der Waals surface area contributed by atoms with Gasteiger partial charge >= 0.3 is 0 Å². The van der Waals surface area contributed by atoms with Crippen LogP contribution in [0.15, 0.2) is 46.4 Å². The molecule has 1 fully saturated rings. The normalized spacial score (nSPS) is 14.5. The van der Waals surface area contributed by atoms with E-state index in [1.54, 1.807) is 36.4 Å². The van der Waals surface area contributed by atoms with Crippen LogP contribution in [0.1, 0.15) is 36.8 Å². The van der Waals surface area contributed by atoms with Crippen molar-refractivity contribution in [2.24, 2.45) is 0 Å². The van der Waals surface area contributed by atoms with E-state index in [2.05, 4.69) is 21.2 Å². The lowest BCUT2D eigenvalue weighted by Gasteiger charge is -2.13. The van der Waals surface area contributed by atoms with Gasteiger partial charge in [0.1, 0.15) is 24.0 Å². The molecule has 1 saturated carbocycles. The summed E-state index contributed by atoms with van der Waals surface area (Å²) in [7, 11) is 0. The highest BCUT2D eigenvalue weighted by atomic mass is 79.9. The summed E-state index contributed by atoms with van der Waals surface area (Å²) in [5.74, 6) is 0.187. The number of amides is 1. The van der Waals surface area contributed by atoms with Crippen molar-refractivity contribution >= 4 is 51.1 Å². The summed E-state index contributed by atoms with van der Waals surface area (Å²) in [6.45, 7) is 0.231. The van der Waals surface area contributed by atoms with Gasteiger partial charge in [-0.15, -0.1) is 0 Å². The molecule has 7 heteroatoms. The van der Waals surface area contributed by atoms with Crippen LogP contribution in [0, 0.1) is 11.3 Å². The molecule has 0 spiro atoms. The Morgan fingerprint density at radius 2 is 2.00 bits per heavy atom. The summed E-state index contributed by atoms with van der Waals surface area (Å²) in [6.07, 6.45) is 5.67. The molecule has 0 saturated heterocycles. The Morgan fingerprint density at radius 3 is 2.69 bits per heavy atom. The maximum atomic E-state index is 12.5. The Morgan fingerprint density at radius 1 is 1.24 bits per heavy atom. The highest BCUT2D eigenvalue weighted by molar-refractivity contribution is 9.10. The lowest BCUT2D eigenvalue weighted by molar-refractivity contribution is -0.117. The number of rotatable bonds is 6. The molecule has 150 valence electrons. The first-order valence-electron chi connectivity index (χ1n) is 9.25. The van der Waals surface area contributed by atoms with E-state index < -0.39 is 0 Å². The molecule has 4 nitrogen and oxygen atoms in total. The zero-order chi connectivity index (χ0) is 20.8. The van der Waals surface area contributed by atoms with E-state index >= 15 is 0 Å². The molecule has 0 aromatic heterocycles. The van der Waals surface area contributed by atoms with Crippen molar-refractivity contribution in [3.63, 3.8) is 0 Å². The van der Waals surface area contributed by atoms with Crippen molar-refractivity contribution in [3.8, 4) is 11.8 Å². The van der Waals surface area contributed by atoms with Gasteiger partial charge in [-0.05, 0) is 49.2 Å². The van der Waals surface area contributed by atoms with E-state index in [0.717, 1.165) is 35.7 Å². The van der Waals surface area contributed by atoms with E-state index in [-0.39, 0.29) is 24.1 Å². The van der Waals surface area contributed by atoms with Gasteiger partial charge in [-0.1, -0.05) is 58.0 Å². The predicted molar refractivity (Wildman–Crippen MR) is 119 cm³/mol. The van der Waals surface area contributed by atoms with Crippen molar-refractivity contribution in [3.05, 3.63) is 67.6 Å². The molecule has 0 heterocycles. The van der Waals surface area contributed by atoms with Crippen LogP contribution in [0.5, 0.6) is 5.75 Å². The quantitative estimate of drug-likeness (QED) is 0.379. The Hall–Kier alpha value is -2.00. The highest BCUT2D eigenvalue weighted by Gasteiger charge is 2.19. The lowest BCUT2D eigenvalue weighted by Crippen LogP contribution is -2.33. The number of hydrogen-bond donors (Lipinski definition) is 1. The zero-order valence-electron chi connectivity index (χ0n) is 15.6. The molecule has 2 aromatic carbocycles. The fourth-order valence-electron chi connectivity index (χ4n) is 3.20. The number of ether oxygens (including phenoxy) is 1. The summed E-state index contributed by atoms with van der Waals surface area (Å²) >= 11 is 15.6. The van der Waals surface area contributed by atoms with Crippen LogP contribution >= 0.6 is 39.1 Å². The maximum absolute atomic E-state index is 12.5. The van der Waals surface area contributed by atoms with Crippen LogP contribution in [0.3, 0.4) is 0 Å². The summed E-state index contributed by atoms with van der Waals surface area (Å²) < 4.78 is 6.74. The molecule has 1 amide bonds. The number of carbonyl (C=O) groups is 1. The van der Waals surface area contributed by atoms with Gasteiger partial charge in [0.05, 0.1) is 0 Å². The van der Waals surface area contributed by atoms with Gasteiger partial charge in [-0.2, -0.15) is 5.26 Å². The van der Waals surface area contributed by atoms with Crippen LogP contribution < -0.4 is 10.1 Å². The number of halogens is 3. The van der Waals surface area contributed by atoms with Gasteiger partial charge < -0.3 is 10.1 Å². The van der Waals surface area contributed by atoms with E-state index in [1.165, 1.54) is 0 Å². The van der Waals surface area contributed by atoms with Gasteiger partial charge in [0.15, 0.2) is 0 Å². The SMILES string of the molecule is N#C/C(=C/c1cc(Br)ccc1OCc1ccc(Cl)cc1Cl)C(=O)NC1CCCC1. The first kappa shape index (κ1) is 21.7. The third-order valence-electron chi connectivity index (χ3n) is 4.73. The van der Waals surface area contributed by atoms with Gasteiger partial charge in [0.25, 0.3) is 5.91 Å². The monoisotopic (exact) mass is 492 g/mol. The van der Waals surface area contributed by atoms with E-state index in [4.69, 9.17) is 27.9 Å². The second-order valence-corrected chi connectivity index (χ2v) is 8.59. The Bertz CT molecular complexity index is 979. The number of nitrogens with one attached hydrogen (secondary N) is 1. The highest BCUT2D eigenvalue weighted by Crippen LogP contribution is 2.28. The Kier molecular flexibility index (Phi) is 7.60. The molecule has 0 atom stereocenters. The molecule has 1 aliphatic rings. The standard InChI is InChI=1S/C22H19BrCl2N2O2/c23-17-6-8-21(29-13-14-5-7-18(24)11-20(14)25)15(10-17)9-16(12-26)22(28)27-19-3-1-2-4-19/h5-11,19H,1-4,13H2,(H,27,28)/b16-9-. The maximum Gasteiger partial charge on any atom is 0.262 e. The average molecular weight is 494 g/mol. The number of carbonyl (C=O) groups excluding carboxylic acids is 1. The summed E-state index contributed by atoms with van der Waals surface area (Å²) in [5.41, 5.74) is 1.46. The number of benzene rings is 2. The number of nitriles is 1. The van der Waals surface area contributed by atoms with Gasteiger partial charge in [0, 0.05) is 31.7 Å². The van der Waals surface area contributed by atoms with E-state index in [9.17, 15) is 10.1 Å². The number of hydrogen-bond acceptors (Lipinski definition) is 3. The van der Waals surface area contributed by atoms with Crippen molar-refractivity contribution in [1.29, 1.82) is 5.26 Å². The van der Waals surface area contributed by atoms with Crippen molar-refractivity contribution in [2.45, 2.75) is 38.3 Å². The molecule has 1 aliphatic carbocycles. The second kappa shape index (κ2) is 10.2. The topological polar surface area (TPSA) is 62.1 Å². The molecular formula is C22H19BrCl2N2O2. The molecule has 0 aliphatic heterocycles. The van der Waals surface area contributed by atoms with Crippen LogP contribution in [0.2, 0.25) is 10.0 Å². The zero-order valence-corrected chi connectivity index (χ0v) is 18.6. The fourth-order valence-corrected chi connectivity index (χ4v) is 4.04. The summed E-state index contributed by atoms with van der Waals surface area (Å²) in [5, 5.41) is 13.5. The minimum absolute atomic E-state index is 0.0457. The molecule has 3 rings (SSSR count). The molecule has 0 unspecified atom stereocenters. The minimum Gasteiger partial charge on any atom is -0.488 e. The van der Waals surface area contributed by atoms with E-state index in [1.807, 2.05) is 12.1 Å². The van der Waals surface area contributed by atoms with Crippen LogP contribution in [0.25, 0.3) is 6.08 Å². The smallest absolute Gasteiger partial charge is 0.262 e. The largest absolute Gasteiger partial charge is 0.488 e. The molecule has 0 bridgehead atoms. The van der Waals surface area contributed by atoms with Crippen LogP contribution in [-0.4, -0.2) is 11.9 Å². The Balaban J connectivity index is 1.80. The van der Waals surface area contributed by atoms with Crippen LogP contribution in [0.4, 0.5) is 0 Å². The third kappa shape index (κ3) is 5.99. The van der Waals surface area contributed by atoms with Gasteiger partial charge in [-0.25, -0.2) is 0 Å². The predicted octanol–water partition coefficient (Wildman–Crippen LogP) is 6.30. The van der Waals surface area contributed by atoms with E-state index in [0.29, 0.717) is 21.4 Å². The van der Waals surface area contributed by atoms with Crippen molar-refractivity contribution in [2.75, 3.05) is 0 Å². The molecule has 0 radical (unpaired) electrons. The van der Waals surface area contributed by atoms with Gasteiger partial charge in [-0.3, -0.25) is 4.79 Å². The molecule has 29 heavy (non-hydrogen) atoms. The first-order chi connectivity index (χ1) is 14.0. The van der Waals surface area contributed by atoms with Crippen molar-refractivity contribution < 1.29 is 9.53 Å². The average Bonchev–Trinajstić information content (AvgIpc) is 3.19. The molecular weight excluding hydrogens is 475 g/mol. The number of nitrogens with zero attached hydrogens (tertiary/aromatic N) is 1. The second-order valence-electron chi connectivity index (χ2n) is 6.83. The molecule has 1 N–H and O–H groups in total. The first-order valence-corrected chi connectivity index (χ1v) is 10.8. The Labute approximate surface area is 188 Å². The van der Waals surface area contributed by atoms with Crippen LogP contribution in [-0.2, 0) is 11.4 Å². The summed E-state index contributed by atoms with van der Waals surface area (Å²) in [6, 6.07) is 12.8. The summed E-state index contributed by atoms with van der Waals surface area (Å²) in [4.78, 5) is 12.5. The lowest BCUT2D eigenvalue weighted by atomic mass is 10.1. The minimum atomic E-state index is -0.355. The van der Waals surface area contributed by atoms with Crippen molar-refractivity contribution in [1.82, 2.24) is 5.32 Å². The molecule has 2 aromatic rings.